The van der Waals surface area contributed by atoms with Gasteiger partial charge in [0.15, 0.2) is 0 Å². The van der Waals surface area contributed by atoms with Gasteiger partial charge < -0.3 is 5.11 Å². The Hall–Kier alpha value is -2.46. The number of carboxylic acids is 1. The minimum absolute atomic E-state index is 0.0345. The van der Waals surface area contributed by atoms with Crippen molar-refractivity contribution in [2.75, 3.05) is 0 Å². The minimum atomic E-state index is -0.846. The lowest BCUT2D eigenvalue weighted by Gasteiger charge is -2.05. The number of benzene rings is 2. The molecule has 1 heterocycles. The van der Waals surface area contributed by atoms with Crippen molar-refractivity contribution in [3.63, 3.8) is 0 Å². The van der Waals surface area contributed by atoms with E-state index in [1.165, 1.54) is 11.3 Å². The topological polar surface area (TPSA) is 50.2 Å². The van der Waals surface area contributed by atoms with E-state index in [4.69, 9.17) is 0 Å². The number of hydrogen-bond donors (Lipinski definition) is 1. The SMILES string of the molecule is Cc1ccc(C)c(/C=C(/CC(=O)O)c2nc3ccccc3s2)c1. The monoisotopic (exact) mass is 323 g/mol. The highest BCUT2D eigenvalue weighted by Crippen LogP contribution is 2.30. The second-order valence-electron chi connectivity index (χ2n) is 5.59. The molecule has 1 aromatic heterocycles. The maximum absolute atomic E-state index is 11.3. The lowest BCUT2D eigenvalue weighted by atomic mass is 10.0. The highest BCUT2D eigenvalue weighted by molar-refractivity contribution is 7.19. The van der Waals surface area contributed by atoms with E-state index in [1.807, 2.05) is 44.2 Å². The second-order valence-corrected chi connectivity index (χ2v) is 6.62. The molecular weight excluding hydrogens is 306 g/mol. The lowest BCUT2D eigenvalue weighted by molar-refractivity contribution is -0.135. The maximum Gasteiger partial charge on any atom is 0.307 e. The van der Waals surface area contributed by atoms with E-state index in [0.717, 1.165) is 37.5 Å². The summed E-state index contributed by atoms with van der Waals surface area (Å²) in [6.45, 7) is 4.06. The van der Waals surface area contributed by atoms with Gasteiger partial charge >= 0.3 is 5.97 Å². The van der Waals surface area contributed by atoms with Gasteiger partial charge in [-0.2, -0.15) is 0 Å². The number of rotatable bonds is 4. The fraction of sp³-hybridized carbons (Fsp3) is 0.158. The Kier molecular flexibility index (Phi) is 4.26. The van der Waals surface area contributed by atoms with Crippen molar-refractivity contribution in [2.24, 2.45) is 0 Å². The largest absolute Gasteiger partial charge is 0.481 e. The van der Waals surface area contributed by atoms with Crippen molar-refractivity contribution in [1.82, 2.24) is 4.98 Å². The van der Waals surface area contributed by atoms with Crippen LogP contribution in [0.25, 0.3) is 21.9 Å². The third-order valence-corrected chi connectivity index (χ3v) is 4.79. The molecule has 0 fully saturated rings. The molecular formula is C19H17NO2S. The smallest absolute Gasteiger partial charge is 0.307 e. The first-order valence-corrected chi connectivity index (χ1v) is 8.20. The molecule has 0 aliphatic heterocycles. The van der Waals surface area contributed by atoms with Crippen LogP contribution in [0.3, 0.4) is 0 Å². The molecule has 1 N–H and O–H groups in total. The second kappa shape index (κ2) is 6.34. The number of aliphatic carboxylic acids is 1. The number of aryl methyl sites for hydroxylation is 2. The van der Waals surface area contributed by atoms with Gasteiger partial charge in [-0.15, -0.1) is 11.3 Å². The molecule has 0 saturated carbocycles. The van der Waals surface area contributed by atoms with Gasteiger partial charge in [-0.3, -0.25) is 4.79 Å². The van der Waals surface area contributed by atoms with Crippen molar-refractivity contribution in [2.45, 2.75) is 20.3 Å². The van der Waals surface area contributed by atoms with E-state index in [-0.39, 0.29) is 6.42 Å². The zero-order chi connectivity index (χ0) is 16.4. The van der Waals surface area contributed by atoms with E-state index < -0.39 is 5.97 Å². The maximum atomic E-state index is 11.3. The Morgan fingerprint density at radius 1 is 1.22 bits per heavy atom. The molecule has 0 bridgehead atoms. The standard InChI is InChI=1S/C19H17NO2S/c1-12-7-8-13(2)14(9-12)10-15(11-18(21)22)19-20-16-5-3-4-6-17(16)23-19/h3-10H,11H2,1-2H3,(H,21,22)/b15-10-. The Morgan fingerprint density at radius 2 is 2.00 bits per heavy atom. The number of para-hydroxylation sites is 1. The van der Waals surface area contributed by atoms with E-state index >= 15 is 0 Å². The molecule has 0 spiro atoms. The molecule has 4 heteroatoms. The molecule has 0 atom stereocenters. The van der Waals surface area contributed by atoms with Crippen LogP contribution in [0.4, 0.5) is 0 Å². The van der Waals surface area contributed by atoms with Gasteiger partial charge in [0, 0.05) is 0 Å². The van der Waals surface area contributed by atoms with Crippen LogP contribution in [0.15, 0.2) is 42.5 Å². The Balaban J connectivity index is 2.11. The van der Waals surface area contributed by atoms with Gasteiger partial charge in [0.2, 0.25) is 0 Å². The molecule has 0 amide bonds. The van der Waals surface area contributed by atoms with Crippen LogP contribution < -0.4 is 0 Å². The summed E-state index contributed by atoms with van der Waals surface area (Å²) in [4.78, 5) is 15.9. The molecule has 0 aliphatic carbocycles. The van der Waals surface area contributed by atoms with Gasteiger partial charge in [0.1, 0.15) is 5.01 Å². The summed E-state index contributed by atoms with van der Waals surface area (Å²) in [5.41, 5.74) is 4.97. The summed E-state index contributed by atoms with van der Waals surface area (Å²) in [7, 11) is 0. The molecule has 0 unspecified atom stereocenters. The molecule has 2 aromatic carbocycles. The van der Waals surface area contributed by atoms with Crippen LogP contribution >= 0.6 is 11.3 Å². The third kappa shape index (κ3) is 3.48. The molecule has 23 heavy (non-hydrogen) atoms. The van der Waals surface area contributed by atoms with Crippen molar-refractivity contribution < 1.29 is 9.90 Å². The highest BCUT2D eigenvalue weighted by Gasteiger charge is 2.13. The van der Waals surface area contributed by atoms with Crippen LogP contribution in [0.2, 0.25) is 0 Å². The number of carbonyl (C=O) groups is 1. The number of nitrogens with zero attached hydrogens (tertiary/aromatic N) is 1. The van der Waals surface area contributed by atoms with E-state index in [0.29, 0.717) is 0 Å². The van der Waals surface area contributed by atoms with Crippen LogP contribution in [0.5, 0.6) is 0 Å². The Labute approximate surface area is 138 Å². The van der Waals surface area contributed by atoms with E-state index in [2.05, 4.69) is 23.2 Å². The van der Waals surface area contributed by atoms with Gasteiger partial charge in [0.05, 0.1) is 16.6 Å². The first-order valence-electron chi connectivity index (χ1n) is 7.38. The van der Waals surface area contributed by atoms with Crippen molar-refractivity contribution in [3.05, 3.63) is 64.2 Å². The highest BCUT2D eigenvalue weighted by atomic mass is 32.1. The van der Waals surface area contributed by atoms with Gasteiger partial charge in [-0.05, 0) is 48.8 Å². The summed E-state index contributed by atoms with van der Waals surface area (Å²) >= 11 is 1.53. The zero-order valence-electron chi connectivity index (χ0n) is 13.0. The van der Waals surface area contributed by atoms with Crippen LogP contribution in [-0.4, -0.2) is 16.1 Å². The Bertz CT molecular complexity index is 876. The molecule has 3 aromatic rings. The molecule has 116 valence electrons. The number of aromatic nitrogens is 1. The third-order valence-electron chi connectivity index (χ3n) is 3.67. The average Bonchev–Trinajstić information content (AvgIpc) is 2.93. The number of carboxylic acid groups (broad SMARTS) is 1. The van der Waals surface area contributed by atoms with Crippen LogP contribution in [0, 0.1) is 13.8 Å². The van der Waals surface area contributed by atoms with Gasteiger partial charge in [0.25, 0.3) is 0 Å². The summed E-state index contributed by atoms with van der Waals surface area (Å²) in [6.07, 6.45) is 1.92. The summed E-state index contributed by atoms with van der Waals surface area (Å²) in [5, 5.41) is 10.0. The quantitative estimate of drug-likeness (QED) is 0.740. The summed E-state index contributed by atoms with van der Waals surface area (Å²) in [5.74, 6) is -0.846. The van der Waals surface area contributed by atoms with Gasteiger partial charge in [-0.1, -0.05) is 35.9 Å². The van der Waals surface area contributed by atoms with E-state index in [9.17, 15) is 9.90 Å². The predicted octanol–water partition coefficient (Wildman–Crippen LogP) is 4.93. The first kappa shape index (κ1) is 15.4. The minimum Gasteiger partial charge on any atom is -0.481 e. The zero-order valence-corrected chi connectivity index (χ0v) is 13.9. The van der Waals surface area contributed by atoms with Crippen molar-refractivity contribution in [1.29, 1.82) is 0 Å². The number of hydrogen-bond acceptors (Lipinski definition) is 3. The van der Waals surface area contributed by atoms with Crippen LogP contribution in [-0.2, 0) is 4.79 Å². The van der Waals surface area contributed by atoms with Gasteiger partial charge in [-0.25, -0.2) is 4.98 Å². The molecule has 3 rings (SSSR count). The van der Waals surface area contributed by atoms with Crippen molar-refractivity contribution >= 4 is 39.2 Å². The molecule has 0 radical (unpaired) electrons. The normalized spacial score (nSPS) is 11.8. The average molecular weight is 323 g/mol. The summed E-state index contributed by atoms with van der Waals surface area (Å²) in [6, 6.07) is 14.1. The van der Waals surface area contributed by atoms with Crippen LogP contribution in [0.1, 0.15) is 28.1 Å². The molecule has 0 saturated heterocycles. The molecule has 3 nitrogen and oxygen atoms in total. The fourth-order valence-corrected chi connectivity index (χ4v) is 3.44. The number of fused-ring (bicyclic) bond motifs is 1. The van der Waals surface area contributed by atoms with E-state index in [1.54, 1.807) is 0 Å². The molecule has 0 aliphatic rings. The fourth-order valence-electron chi connectivity index (χ4n) is 2.46. The number of thiazole rings is 1. The predicted molar refractivity (Wildman–Crippen MR) is 95.7 cm³/mol. The van der Waals surface area contributed by atoms with Crippen molar-refractivity contribution in [3.8, 4) is 0 Å². The lowest BCUT2D eigenvalue weighted by Crippen LogP contribution is -1.97. The Morgan fingerprint density at radius 3 is 2.74 bits per heavy atom. The summed E-state index contributed by atoms with van der Waals surface area (Å²) < 4.78 is 1.07. The first-order chi connectivity index (χ1) is 11.0.